The Morgan fingerprint density at radius 2 is 1.68 bits per heavy atom. The van der Waals surface area contributed by atoms with Crippen molar-refractivity contribution in [1.82, 2.24) is 0 Å². The quantitative estimate of drug-likeness (QED) is 0.706. The van der Waals surface area contributed by atoms with Gasteiger partial charge in [0.1, 0.15) is 12.3 Å². The largest absolute Gasteiger partial charge is 0.495 e. The molecule has 0 saturated heterocycles. The number of carbonyl (C=O) groups is 1. The summed E-state index contributed by atoms with van der Waals surface area (Å²) in [6.45, 7) is 4.59. The summed E-state index contributed by atoms with van der Waals surface area (Å²) in [7, 11) is 6.77. The van der Waals surface area contributed by atoms with E-state index in [0.717, 1.165) is 16.0 Å². The molecule has 0 aromatic heterocycles. The van der Waals surface area contributed by atoms with Gasteiger partial charge in [0.2, 0.25) is 0 Å². The highest BCUT2D eigenvalue weighted by Gasteiger charge is 2.23. The van der Waals surface area contributed by atoms with Crippen molar-refractivity contribution in [3.8, 4) is 17.2 Å². The van der Waals surface area contributed by atoms with Crippen LogP contribution < -0.4 is 24.4 Å². The van der Waals surface area contributed by atoms with Crippen LogP contribution in [0.5, 0.6) is 17.2 Å². The lowest BCUT2D eigenvalue weighted by atomic mass is 10.1. The van der Waals surface area contributed by atoms with E-state index in [9.17, 15) is 4.79 Å². The maximum atomic E-state index is 12.7. The van der Waals surface area contributed by atoms with Crippen LogP contribution in [0, 0.1) is 6.92 Å². The molecule has 1 unspecified atom stereocenters. The molecule has 1 amide bonds. The fourth-order valence-electron chi connectivity index (χ4n) is 2.89. The van der Waals surface area contributed by atoms with Gasteiger partial charge in [0.15, 0.2) is 17.5 Å². The summed E-state index contributed by atoms with van der Waals surface area (Å²) in [5.74, 6) is 1.86. The first kappa shape index (κ1) is 21.9. The zero-order valence-corrected chi connectivity index (χ0v) is 17.9. The van der Waals surface area contributed by atoms with Crippen LogP contribution in [0.2, 0.25) is 5.02 Å². The lowest BCUT2D eigenvalue weighted by molar-refractivity contribution is -0.907. The van der Waals surface area contributed by atoms with E-state index in [2.05, 4.69) is 5.32 Å². The second-order valence-electron chi connectivity index (χ2n) is 6.72. The fourth-order valence-corrected chi connectivity index (χ4v) is 3.14. The number of benzene rings is 2. The molecule has 152 valence electrons. The van der Waals surface area contributed by atoms with Crippen molar-refractivity contribution in [2.45, 2.75) is 26.4 Å². The average molecular weight is 408 g/mol. The smallest absolute Gasteiger partial charge is 0.282 e. The average Bonchev–Trinajstić information content (AvgIpc) is 2.68. The SMILES string of the molecule is COc1ccc(NC(=O)[C@H](C)[NH+](C)Cc2cc(OC)c(OC)cc2C)cc1Cl. The summed E-state index contributed by atoms with van der Waals surface area (Å²) in [5, 5.41) is 3.36. The monoisotopic (exact) mass is 407 g/mol. The molecule has 0 aliphatic heterocycles. The standard InChI is InChI=1S/C21H27ClN2O4/c1-13-9-19(27-5)20(28-6)10-15(13)12-24(3)14(2)21(25)23-16-7-8-18(26-4)17(22)11-16/h7-11,14H,12H2,1-6H3,(H,23,25)/p+1/t14-/m0/s1. The minimum atomic E-state index is -0.270. The molecule has 2 aromatic carbocycles. The van der Waals surface area contributed by atoms with Crippen molar-refractivity contribution in [2.75, 3.05) is 33.7 Å². The van der Waals surface area contributed by atoms with E-state index in [1.165, 1.54) is 0 Å². The molecule has 2 rings (SSSR count). The maximum Gasteiger partial charge on any atom is 0.282 e. The molecule has 0 fully saturated rings. The van der Waals surface area contributed by atoms with Gasteiger partial charge in [0.05, 0.1) is 33.4 Å². The minimum absolute atomic E-state index is 0.0862. The van der Waals surface area contributed by atoms with E-state index in [0.29, 0.717) is 34.5 Å². The van der Waals surface area contributed by atoms with Crippen LogP contribution in [0.25, 0.3) is 0 Å². The normalized spacial score (nSPS) is 12.8. The zero-order valence-electron chi connectivity index (χ0n) is 17.2. The summed E-state index contributed by atoms with van der Waals surface area (Å²) in [6, 6.07) is 8.82. The van der Waals surface area contributed by atoms with Crippen LogP contribution in [-0.2, 0) is 11.3 Å². The Bertz CT molecular complexity index is 841. The van der Waals surface area contributed by atoms with Gasteiger partial charge in [-0.1, -0.05) is 11.6 Å². The van der Waals surface area contributed by atoms with E-state index < -0.39 is 0 Å². The number of halogens is 1. The topological polar surface area (TPSA) is 61.2 Å². The zero-order chi connectivity index (χ0) is 20.8. The van der Waals surface area contributed by atoms with Crippen molar-refractivity contribution in [1.29, 1.82) is 0 Å². The number of amides is 1. The highest BCUT2D eigenvalue weighted by molar-refractivity contribution is 6.32. The van der Waals surface area contributed by atoms with Crippen LogP contribution in [0.4, 0.5) is 5.69 Å². The van der Waals surface area contributed by atoms with Crippen LogP contribution in [0.15, 0.2) is 30.3 Å². The van der Waals surface area contributed by atoms with Gasteiger partial charge in [0.25, 0.3) is 5.91 Å². The van der Waals surface area contributed by atoms with Crippen LogP contribution in [0.3, 0.4) is 0 Å². The molecule has 2 aromatic rings. The van der Waals surface area contributed by atoms with Gasteiger partial charge in [0, 0.05) is 11.3 Å². The predicted octanol–water partition coefficient (Wildman–Crippen LogP) is 2.72. The molecule has 0 heterocycles. The molecule has 0 aliphatic carbocycles. The van der Waals surface area contributed by atoms with Gasteiger partial charge < -0.3 is 24.4 Å². The van der Waals surface area contributed by atoms with Gasteiger partial charge in [-0.25, -0.2) is 0 Å². The number of nitrogens with one attached hydrogen (secondary N) is 2. The molecular weight excluding hydrogens is 380 g/mol. The van der Waals surface area contributed by atoms with E-state index in [1.54, 1.807) is 39.5 Å². The van der Waals surface area contributed by atoms with E-state index >= 15 is 0 Å². The number of methoxy groups -OCH3 is 3. The first-order valence-corrected chi connectivity index (χ1v) is 9.36. The molecule has 2 atom stereocenters. The first-order valence-electron chi connectivity index (χ1n) is 8.98. The maximum absolute atomic E-state index is 12.7. The number of anilines is 1. The van der Waals surface area contributed by atoms with E-state index in [1.807, 2.05) is 33.0 Å². The number of likely N-dealkylation sites (N-methyl/N-ethyl adjacent to an activating group) is 1. The van der Waals surface area contributed by atoms with Crippen LogP contribution in [-0.4, -0.2) is 40.3 Å². The predicted molar refractivity (Wildman–Crippen MR) is 111 cm³/mol. The van der Waals surface area contributed by atoms with Crippen molar-refractivity contribution in [2.24, 2.45) is 0 Å². The lowest BCUT2D eigenvalue weighted by Crippen LogP contribution is -3.12. The second-order valence-corrected chi connectivity index (χ2v) is 7.12. The summed E-state index contributed by atoms with van der Waals surface area (Å²) in [5.41, 5.74) is 2.83. The molecule has 0 aliphatic rings. The lowest BCUT2D eigenvalue weighted by Gasteiger charge is -2.22. The van der Waals surface area contributed by atoms with Crippen molar-refractivity contribution < 1.29 is 23.9 Å². The molecule has 0 bridgehead atoms. The Morgan fingerprint density at radius 3 is 2.25 bits per heavy atom. The molecule has 28 heavy (non-hydrogen) atoms. The summed E-state index contributed by atoms with van der Waals surface area (Å²) >= 11 is 6.13. The van der Waals surface area contributed by atoms with E-state index in [-0.39, 0.29) is 11.9 Å². The highest BCUT2D eigenvalue weighted by Crippen LogP contribution is 2.30. The highest BCUT2D eigenvalue weighted by atomic mass is 35.5. The Labute approximate surface area is 171 Å². The van der Waals surface area contributed by atoms with Gasteiger partial charge in [-0.05, 0) is 49.7 Å². The molecule has 2 N–H and O–H groups in total. The minimum Gasteiger partial charge on any atom is -0.495 e. The number of hydrogen-bond acceptors (Lipinski definition) is 4. The number of carbonyl (C=O) groups excluding carboxylic acids is 1. The fraction of sp³-hybridized carbons (Fsp3) is 0.381. The summed E-state index contributed by atoms with van der Waals surface area (Å²) < 4.78 is 15.9. The number of rotatable bonds is 8. The van der Waals surface area contributed by atoms with Crippen LogP contribution >= 0.6 is 11.6 Å². The Kier molecular flexibility index (Phi) is 7.54. The molecule has 6 nitrogen and oxygen atoms in total. The Hall–Kier alpha value is -2.44. The Morgan fingerprint density at radius 1 is 1.07 bits per heavy atom. The summed E-state index contributed by atoms with van der Waals surface area (Å²) in [6.07, 6.45) is 0. The number of quaternary nitrogens is 1. The third-order valence-corrected chi connectivity index (χ3v) is 5.16. The van der Waals surface area contributed by atoms with E-state index in [4.69, 9.17) is 25.8 Å². The molecule has 7 heteroatoms. The number of ether oxygens (including phenoxy) is 3. The second kappa shape index (κ2) is 9.66. The van der Waals surface area contributed by atoms with Crippen molar-refractivity contribution >= 4 is 23.2 Å². The van der Waals surface area contributed by atoms with Crippen molar-refractivity contribution in [3.63, 3.8) is 0 Å². The van der Waals surface area contributed by atoms with Gasteiger partial charge in [-0.15, -0.1) is 0 Å². The third kappa shape index (κ3) is 5.09. The van der Waals surface area contributed by atoms with Gasteiger partial charge in [-0.2, -0.15) is 0 Å². The molecular formula is C21H28ClN2O4+. The number of aryl methyl sites for hydroxylation is 1. The van der Waals surface area contributed by atoms with Crippen LogP contribution in [0.1, 0.15) is 18.1 Å². The van der Waals surface area contributed by atoms with Gasteiger partial charge >= 0.3 is 0 Å². The van der Waals surface area contributed by atoms with Gasteiger partial charge in [-0.3, -0.25) is 4.79 Å². The molecule has 0 saturated carbocycles. The third-order valence-electron chi connectivity index (χ3n) is 4.86. The Balaban J connectivity index is 2.08. The number of hydrogen-bond donors (Lipinski definition) is 2. The van der Waals surface area contributed by atoms with Crippen molar-refractivity contribution in [3.05, 3.63) is 46.5 Å². The molecule has 0 radical (unpaired) electrons. The summed E-state index contributed by atoms with van der Waals surface area (Å²) in [4.78, 5) is 13.7. The first-order chi connectivity index (χ1) is 13.3. The molecule has 0 spiro atoms.